The second-order valence-corrected chi connectivity index (χ2v) is 6.88. The lowest BCUT2D eigenvalue weighted by Crippen LogP contribution is -2.46. The van der Waals surface area contributed by atoms with Crippen molar-refractivity contribution in [2.45, 2.75) is 45.8 Å². The molecule has 0 saturated carbocycles. The van der Waals surface area contributed by atoms with Gasteiger partial charge in [0.05, 0.1) is 18.7 Å². The molecule has 1 fully saturated rings. The van der Waals surface area contributed by atoms with Gasteiger partial charge in [0.1, 0.15) is 11.8 Å². The maximum Gasteiger partial charge on any atom is 0.258 e. The minimum Gasteiger partial charge on any atom is -0.493 e. The highest BCUT2D eigenvalue weighted by molar-refractivity contribution is 7.71. The summed E-state index contributed by atoms with van der Waals surface area (Å²) in [5.41, 5.74) is 0.482. The molecule has 0 bridgehead atoms. The summed E-state index contributed by atoms with van der Waals surface area (Å²) in [6, 6.07) is 6.64. The Morgan fingerprint density at radius 1 is 1.36 bits per heavy atom. The standard InChI is InChI=1S/C19H25N5O3S/c1-3-23-16(21-22-19(23)28)12-20-17(25)14-9-7-11-24(14)18(26)13-8-5-6-10-15(13)27-4-2/h5-6,8,10,14H,3-4,7,9,11-12H2,1-2H3,(H,20,25)(H,22,28). The van der Waals surface area contributed by atoms with E-state index >= 15 is 0 Å². The van der Waals surface area contributed by atoms with Crippen molar-refractivity contribution in [2.75, 3.05) is 13.2 Å². The first-order chi connectivity index (χ1) is 13.6. The number of nitrogens with one attached hydrogen (secondary N) is 2. The number of benzene rings is 1. The highest BCUT2D eigenvalue weighted by Crippen LogP contribution is 2.25. The van der Waals surface area contributed by atoms with Gasteiger partial charge in [0.25, 0.3) is 5.91 Å². The lowest BCUT2D eigenvalue weighted by molar-refractivity contribution is -0.125. The topological polar surface area (TPSA) is 92.2 Å². The predicted molar refractivity (Wildman–Crippen MR) is 107 cm³/mol. The van der Waals surface area contributed by atoms with E-state index in [0.29, 0.717) is 48.0 Å². The van der Waals surface area contributed by atoms with Crippen LogP contribution in [0.3, 0.4) is 0 Å². The molecule has 9 heteroatoms. The van der Waals surface area contributed by atoms with Crippen molar-refractivity contribution < 1.29 is 14.3 Å². The van der Waals surface area contributed by atoms with Crippen LogP contribution in [0.1, 0.15) is 42.9 Å². The third-order valence-electron chi connectivity index (χ3n) is 4.81. The molecule has 2 heterocycles. The molecule has 28 heavy (non-hydrogen) atoms. The molecule has 150 valence electrons. The maximum atomic E-state index is 13.1. The molecule has 0 spiro atoms. The molecule has 1 aromatic heterocycles. The van der Waals surface area contributed by atoms with Crippen molar-refractivity contribution in [1.29, 1.82) is 0 Å². The zero-order valence-corrected chi connectivity index (χ0v) is 16.9. The number of ether oxygens (including phenoxy) is 1. The number of hydrogen-bond acceptors (Lipinski definition) is 5. The molecule has 2 N–H and O–H groups in total. The van der Waals surface area contributed by atoms with Gasteiger partial charge in [-0.3, -0.25) is 14.7 Å². The number of carbonyl (C=O) groups excluding carboxylic acids is 2. The van der Waals surface area contributed by atoms with Gasteiger partial charge in [0.2, 0.25) is 5.91 Å². The summed E-state index contributed by atoms with van der Waals surface area (Å²) < 4.78 is 7.92. The molecule has 2 aromatic rings. The Hall–Kier alpha value is -2.68. The van der Waals surface area contributed by atoms with Gasteiger partial charge in [-0.25, -0.2) is 0 Å². The maximum absolute atomic E-state index is 13.1. The van der Waals surface area contributed by atoms with Gasteiger partial charge in [-0.05, 0) is 51.0 Å². The van der Waals surface area contributed by atoms with Crippen LogP contribution in [-0.2, 0) is 17.9 Å². The number of nitrogens with zero attached hydrogens (tertiary/aromatic N) is 3. The molecule has 1 aromatic carbocycles. The monoisotopic (exact) mass is 403 g/mol. The summed E-state index contributed by atoms with van der Waals surface area (Å²) in [4.78, 5) is 27.5. The fourth-order valence-electron chi connectivity index (χ4n) is 3.46. The number of hydrogen-bond donors (Lipinski definition) is 2. The smallest absolute Gasteiger partial charge is 0.258 e. The van der Waals surface area contributed by atoms with Gasteiger partial charge in [0.15, 0.2) is 10.6 Å². The van der Waals surface area contributed by atoms with Gasteiger partial charge in [-0.15, -0.1) is 0 Å². The van der Waals surface area contributed by atoms with Crippen molar-refractivity contribution in [3.8, 4) is 5.75 Å². The van der Waals surface area contributed by atoms with Crippen molar-refractivity contribution >= 4 is 24.0 Å². The molecule has 1 saturated heterocycles. The lowest BCUT2D eigenvalue weighted by atomic mass is 10.1. The Morgan fingerprint density at radius 3 is 2.89 bits per heavy atom. The van der Waals surface area contributed by atoms with Crippen LogP contribution in [0.25, 0.3) is 0 Å². The molecule has 2 amide bonds. The molecule has 1 atom stereocenters. The predicted octanol–water partition coefficient (Wildman–Crippen LogP) is 2.28. The Kier molecular flexibility index (Phi) is 6.45. The highest BCUT2D eigenvalue weighted by Gasteiger charge is 2.35. The molecular formula is C19H25N5O3S. The van der Waals surface area contributed by atoms with E-state index in [1.807, 2.05) is 24.5 Å². The highest BCUT2D eigenvalue weighted by atomic mass is 32.1. The van der Waals surface area contributed by atoms with Crippen molar-refractivity contribution in [2.24, 2.45) is 0 Å². The number of aromatic amines is 1. The lowest BCUT2D eigenvalue weighted by Gasteiger charge is -2.24. The first kappa shape index (κ1) is 20.1. The van der Waals surface area contributed by atoms with Crippen molar-refractivity contribution in [1.82, 2.24) is 25.0 Å². The zero-order valence-electron chi connectivity index (χ0n) is 16.1. The normalized spacial score (nSPS) is 16.2. The Bertz CT molecular complexity index is 907. The molecule has 8 nitrogen and oxygen atoms in total. The minimum absolute atomic E-state index is 0.182. The number of para-hydroxylation sites is 1. The fraction of sp³-hybridized carbons (Fsp3) is 0.474. The second-order valence-electron chi connectivity index (χ2n) is 6.49. The summed E-state index contributed by atoms with van der Waals surface area (Å²) in [6.07, 6.45) is 1.42. The third kappa shape index (κ3) is 4.09. The largest absolute Gasteiger partial charge is 0.493 e. The molecule has 0 aliphatic carbocycles. The number of amides is 2. The summed E-state index contributed by atoms with van der Waals surface area (Å²) in [6.45, 7) is 5.78. The van der Waals surface area contributed by atoms with Gasteiger partial charge < -0.3 is 19.5 Å². The van der Waals surface area contributed by atoms with Crippen LogP contribution < -0.4 is 10.1 Å². The van der Waals surface area contributed by atoms with Gasteiger partial charge in [-0.1, -0.05) is 12.1 Å². The Labute approximate surface area is 168 Å². The average Bonchev–Trinajstić information content (AvgIpc) is 3.33. The number of likely N-dealkylation sites (tertiary alicyclic amines) is 1. The van der Waals surface area contributed by atoms with E-state index in [1.165, 1.54) is 0 Å². The van der Waals surface area contributed by atoms with E-state index in [2.05, 4.69) is 15.5 Å². The fourth-order valence-corrected chi connectivity index (χ4v) is 3.74. The zero-order chi connectivity index (χ0) is 20.1. The summed E-state index contributed by atoms with van der Waals surface area (Å²) >= 11 is 5.17. The molecule has 1 unspecified atom stereocenters. The first-order valence-corrected chi connectivity index (χ1v) is 9.92. The SMILES string of the molecule is CCOc1ccccc1C(=O)N1CCCC1C(=O)NCc1n[nH]c(=S)n1CC. The van der Waals surface area contributed by atoms with Gasteiger partial charge in [-0.2, -0.15) is 5.10 Å². The summed E-state index contributed by atoms with van der Waals surface area (Å²) in [5, 5.41) is 9.78. The van der Waals surface area contributed by atoms with Crippen LogP contribution in [0.15, 0.2) is 24.3 Å². The molecular weight excluding hydrogens is 378 g/mol. The van der Waals surface area contributed by atoms with E-state index in [9.17, 15) is 9.59 Å². The van der Waals surface area contributed by atoms with Crippen LogP contribution >= 0.6 is 12.2 Å². The van der Waals surface area contributed by atoms with Crippen LogP contribution in [0, 0.1) is 4.77 Å². The first-order valence-electron chi connectivity index (χ1n) is 9.51. The number of aromatic nitrogens is 3. The molecule has 3 rings (SSSR count). The van der Waals surface area contributed by atoms with Crippen LogP contribution in [0.5, 0.6) is 5.75 Å². The molecule has 1 aliphatic rings. The van der Waals surface area contributed by atoms with Crippen LogP contribution in [-0.4, -0.2) is 50.7 Å². The Morgan fingerprint density at radius 2 is 2.14 bits per heavy atom. The van der Waals surface area contributed by atoms with E-state index in [0.717, 1.165) is 6.42 Å². The van der Waals surface area contributed by atoms with Crippen molar-refractivity contribution in [3.63, 3.8) is 0 Å². The minimum atomic E-state index is -0.501. The average molecular weight is 404 g/mol. The number of carbonyl (C=O) groups is 2. The Balaban J connectivity index is 1.71. The van der Waals surface area contributed by atoms with Crippen LogP contribution in [0.4, 0.5) is 0 Å². The summed E-state index contributed by atoms with van der Waals surface area (Å²) in [5.74, 6) is 0.840. The van der Waals surface area contributed by atoms with E-state index in [-0.39, 0.29) is 18.4 Å². The third-order valence-corrected chi connectivity index (χ3v) is 5.12. The molecule has 0 radical (unpaired) electrons. The number of H-pyrrole nitrogens is 1. The van der Waals surface area contributed by atoms with Gasteiger partial charge in [0, 0.05) is 13.1 Å². The second kappa shape index (κ2) is 9.01. The van der Waals surface area contributed by atoms with Crippen molar-refractivity contribution in [3.05, 3.63) is 40.4 Å². The summed E-state index contributed by atoms with van der Waals surface area (Å²) in [7, 11) is 0. The quantitative estimate of drug-likeness (QED) is 0.692. The van der Waals surface area contributed by atoms with E-state index in [4.69, 9.17) is 17.0 Å². The van der Waals surface area contributed by atoms with Gasteiger partial charge >= 0.3 is 0 Å². The van der Waals surface area contributed by atoms with E-state index in [1.54, 1.807) is 23.1 Å². The molecule has 1 aliphatic heterocycles. The number of rotatable bonds is 7. The van der Waals surface area contributed by atoms with Crippen LogP contribution in [0.2, 0.25) is 0 Å². The van der Waals surface area contributed by atoms with E-state index < -0.39 is 6.04 Å².